The number of rotatable bonds is 4. The number of hydrogen-bond donors (Lipinski definition) is 1. The third-order valence-corrected chi connectivity index (χ3v) is 3.18. The summed E-state index contributed by atoms with van der Waals surface area (Å²) in [4.78, 5) is 11.1. The van der Waals surface area contributed by atoms with Crippen LogP contribution in [-0.4, -0.2) is 11.1 Å². The van der Waals surface area contributed by atoms with E-state index in [9.17, 15) is 9.18 Å². The molecule has 2 aromatic rings. The van der Waals surface area contributed by atoms with Crippen molar-refractivity contribution in [3.05, 3.63) is 63.9 Å². The van der Waals surface area contributed by atoms with Gasteiger partial charge in [-0.05, 0) is 42.3 Å². The van der Waals surface area contributed by atoms with E-state index in [2.05, 4.69) is 0 Å². The molecule has 0 aliphatic heterocycles. The molecule has 3 nitrogen and oxygen atoms in total. The molecular formula is C15H12ClFO3. The fraction of sp³-hybridized carbons (Fsp3) is 0.133. The van der Waals surface area contributed by atoms with Crippen LogP contribution in [0, 0.1) is 12.7 Å². The topological polar surface area (TPSA) is 46.5 Å². The smallest absolute Gasteiger partial charge is 0.339 e. The fourth-order valence-corrected chi connectivity index (χ4v) is 2.00. The highest BCUT2D eigenvalue weighted by atomic mass is 35.5. The van der Waals surface area contributed by atoms with Crippen molar-refractivity contribution in [3.63, 3.8) is 0 Å². The molecule has 0 radical (unpaired) electrons. The summed E-state index contributed by atoms with van der Waals surface area (Å²) < 4.78 is 18.7. The number of hydrogen-bond acceptors (Lipinski definition) is 2. The van der Waals surface area contributed by atoms with Crippen LogP contribution in [0.25, 0.3) is 0 Å². The second-order valence-corrected chi connectivity index (χ2v) is 4.69. The average molecular weight is 295 g/mol. The first-order valence-corrected chi connectivity index (χ1v) is 6.26. The fourth-order valence-electron chi connectivity index (χ4n) is 1.77. The second kappa shape index (κ2) is 5.92. The minimum Gasteiger partial charge on any atom is -0.486 e. The Bertz CT molecular complexity index is 656. The third-order valence-electron chi connectivity index (χ3n) is 2.88. The van der Waals surface area contributed by atoms with Gasteiger partial charge < -0.3 is 9.84 Å². The molecule has 0 aliphatic carbocycles. The van der Waals surface area contributed by atoms with E-state index >= 15 is 0 Å². The van der Waals surface area contributed by atoms with E-state index in [-0.39, 0.29) is 28.8 Å². The first-order valence-electron chi connectivity index (χ1n) is 5.88. The summed E-state index contributed by atoms with van der Waals surface area (Å²) in [6.45, 7) is 1.87. The number of aromatic carboxylic acids is 1. The van der Waals surface area contributed by atoms with E-state index in [1.165, 1.54) is 24.3 Å². The maximum atomic E-state index is 13.2. The molecule has 0 saturated heterocycles. The minimum atomic E-state index is -1.13. The molecule has 0 amide bonds. The Kier molecular flexibility index (Phi) is 4.25. The van der Waals surface area contributed by atoms with Gasteiger partial charge in [-0.25, -0.2) is 9.18 Å². The molecule has 20 heavy (non-hydrogen) atoms. The number of aryl methyl sites for hydroxylation is 1. The first-order chi connectivity index (χ1) is 9.49. The zero-order valence-corrected chi connectivity index (χ0v) is 11.4. The van der Waals surface area contributed by atoms with Crippen molar-refractivity contribution in [2.45, 2.75) is 13.5 Å². The van der Waals surface area contributed by atoms with Crippen molar-refractivity contribution in [2.24, 2.45) is 0 Å². The lowest BCUT2D eigenvalue weighted by atomic mass is 10.1. The number of ether oxygens (including phenoxy) is 1. The Hall–Kier alpha value is -2.07. The molecule has 0 aromatic heterocycles. The number of halogens is 2. The van der Waals surface area contributed by atoms with Crippen molar-refractivity contribution >= 4 is 17.6 Å². The van der Waals surface area contributed by atoms with E-state index in [1.54, 1.807) is 12.1 Å². The summed E-state index contributed by atoms with van der Waals surface area (Å²) in [6, 6.07) is 8.83. The van der Waals surface area contributed by atoms with Gasteiger partial charge in [0.05, 0.1) is 5.02 Å². The van der Waals surface area contributed by atoms with Crippen LogP contribution in [0.4, 0.5) is 4.39 Å². The van der Waals surface area contributed by atoms with Gasteiger partial charge in [-0.1, -0.05) is 23.7 Å². The summed E-state index contributed by atoms with van der Waals surface area (Å²) in [7, 11) is 0. The summed E-state index contributed by atoms with van der Waals surface area (Å²) in [5.74, 6) is -1.41. The number of benzene rings is 2. The molecule has 1 N–H and O–H groups in total. The Labute approximate surface area is 120 Å². The van der Waals surface area contributed by atoms with E-state index in [0.717, 1.165) is 5.56 Å². The summed E-state index contributed by atoms with van der Waals surface area (Å²) in [6.07, 6.45) is 0. The standard InChI is InChI=1S/C15H12ClFO3/c1-9-5-6-11(17)7-10(9)8-20-14-12(15(18)19)3-2-4-13(14)16/h2-7H,8H2,1H3,(H,18,19). The van der Waals surface area contributed by atoms with E-state index in [0.29, 0.717) is 5.56 Å². The average Bonchev–Trinajstić information content (AvgIpc) is 2.40. The summed E-state index contributed by atoms with van der Waals surface area (Å²) in [5.41, 5.74) is 1.48. The Balaban J connectivity index is 2.27. The molecule has 0 spiro atoms. The largest absolute Gasteiger partial charge is 0.486 e. The lowest BCUT2D eigenvalue weighted by molar-refractivity contribution is 0.0691. The van der Waals surface area contributed by atoms with Gasteiger partial charge >= 0.3 is 5.97 Å². The normalized spacial score (nSPS) is 10.3. The van der Waals surface area contributed by atoms with Gasteiger partial charge in [0, 0.05) is 0 Å². The summed E-state index contributed by atoms with van der Waals surface area (Å²) in [5, 5.41) is 9.29. The Morgan fingerprint density at radius 2 is 2.10 bits per heavy atom. The predicted molar refractivity (Wildman–Crippen MR) is 73.9 cm³/mol. The maximum absolute atomic E-state index is 13.2. The van der Waals surface area contributed by atoms with Crippen LogP contribution in [0.15, 0.2) is 36.4 Å². The second-order valence-electron chi connectivity index (χ2n) is 4.28. The van der Waals surface area contributed by atoms with Gasteiger partial charge in [0.25, 0.3) is 0 Å². The molecule has 5 heteroatoms. The van der Waals surface area contributed by atoms with Crippen molar-refractivity contribution in [1.29, 1.82) is 0 Å². The molecule has 0 heterocycles. The molecule has 104 valence electrons. The number of carboxylic acids is 1. The molecule has 0 saturated carbocycles. The van der Waals surface area contributed by atoms with E-state index in [1.807, 2.05) is 6.92 Å². The van der Waals surface area contributed by atoms with Gasteiger partial charge in [0.2, 0.25) is 0 Å². The van der Waals surface area contributed by atoms with Gasteiger partial charge in [0.15, 0.2) is 5.75 Å². The van der Waals surface area contributed by atoms with Gasteiger partial charge in [0.1, 0.15) is 18.0 Å². The monoisotopic (exact) mass is 294 g/mol. The van der Waals surface area contributed by atoms with Crippen LogP contribution >= 0.6 is 11.6 Å². The van der Waals surface area contributed by atoms with Crippen LogP contribution in [0.1, 0.15) is 21.5 Å². The highest BCUT2D eigenvalue weighted by molar-refractivity contribution is 6.32. The molecule has 0 fully saturated rings. The highest BCUT2D eigenvalue weighted by Crippen LogP contribution is 2.29. The van der Waals surface area contributed by atoms with Crippen molar-refractivity contribution in [2.75, 3.05) is 0 Å². The number of carbonyl (C=O) groups is 1. The molecular weight excluding hydrogens is 283 g/mol. The van der Waals surface area contributed by atoms with Crippen molar-refractivity contribution < 1.29 is 19.0 Å². The minimum absolute atomic E-state index is 0.0217. The lowest BCUT2D eigenvalue weighted by Crippen LogP contribution is -2.05. The molecule has 0 bridgehead atoms. The summed E-state index contributed by atoms with van der Waals surface area (Å²) >= 11 is 5.95. The van der Waals surface area contributed by atoms with Crippen LogP contribution in [0.3, 0.4) is 0 Å². The number of para-hydroxylation sites is 1. The van der Waals surface area contributed by atoms with E-state index < -0.39 is 5.97 Å². The highest BCUT2D eigenvalue weighted by Gasteiger charge is 2.15. The first kappa shape index (κ1) is 14.3. The Morgan fingerprint density at radius 1 is 1.35 bits per heavy atom. The van der Waals surface area contributed by atoms with E-state index in [4.69, 9.17) is 21.4 Å². The maximum Gasteiger partial charge on any atom is 0.339 e. The predicted octanol–water partition coefficient (Wildman–Crippen LogP) is 4.06. The van der Waals surface area contributed by atoms with Crippen LogP contribution in [-0.2, 0) is 6.61 Å². The molecule has 2 rings (SSSR count). The zero-order chi connectivity index (χ0) is 14.7. The molecule has 0 aliphatic rings. The number of carboxylic acid groups (broad SMARTS) is 1. The molecule has 2 aromatic carbocycles. The third kappa shape index (κ3) is 3.08. The van der Waals surface area contributed by atoms with Gasteiger partial charge in [-0.2, -0.15) is 0 Å². The van der Waals surface area contributed by atoms with Crippen LogP contribution in [0.2, 0.25) is 5.02 Å². The zero-order valence-electron chi connectivity index (χ0n) is 10.7. The van der Waals surface area contributed by atoms with Gasteiger partial charge in [-0.3, -0.25) is 0 Å². The van der Waals surface area contributed by atoms with Crippen molar-refractivity contribution in [1.82, 2.24) is 0 Å². The van der Waals surface area contributed by atoms with Crippen LogP contribution in [0.5, 0.6) is 5.75 Å². The van der Waals surface area contributed by atoms with Gasteiger partial charge in [-0.15, -0.1) is 0 Å². The van der Waals surface area contributed by atoms with Crippen molar-refractivity contribution in [3.8, 4) is 5.75 Å². The van der Waals surface area contributed by atoms with Crippen LogP contribution < -0.4 is 4.74 Å². The molecule has 0 unspecified atom stereocenters. The molecule has 0 atom stereocenters. The quantitative estimate of drug-likeness (QED) is 0.925. The Morgan fingerprint density at radius 3 is 2.80 bits per heavy atom. The lowest BCUT2D eigenvalue weighted by Gasteiger charge is -2.12. The SMILES string of the molecule is Cc1ccc(F)cc1COc1c(Cl)cccc1C(=O)O.